The van der Waals surface area contributed by atoms with Gasteiger partial charge in [-0.15, -0.1) is 0 Å². The van der Waals surface area contributed by atoms with Crippen molar-refractivity contribution in [3.8, 4) is 11.1 Å². The van der Waals surface area contributed by atoms with Crippen LogP contribution in [0.2, 0.25) is 0 Å². The first kappa shape index (κ1) is 22.7. The molecule has 7 rings (SSSR count). The van der Waals surface area contributed by atoms with Gasteiger partial charge in [0.15, 0.2) is 6.29 Å². The van der Waals surface area contributed by atoms with E-state index >= 15 is 0 Å². The third-order valence-corrected chi connectivity index (χ3v) is 7.90. The zero-order chi connectivity index (χ0) is 24.8. The molecular formula is C31H29NO5. The van der Waals surface area contributed by atoms with E-state index in [2.05, 4.69) is 66.7 Å². The van der Waals surface area contributed by atoms with Crippen molar-refractivity contribution in [1.29, 1.82) is 0 Å². The lowest BCUT2D eigenvalue weighted by Gasteiger charge is -2.44. The topological polar surface area (TPSA) is 57.2 Å². The van der Waals surface area contributed by atoms with Crippen LogP contribution in [-0.2, 0) is 18.9 Å². The van der Waals surface area contributed by atoms with Crippen LogP contribution in [-0.4, -0.2) is 56.1 Å². The van der Waals surface area contributed by atoms with Gasteiger partial charge < -0.3 is 18.9 Å². The quantitative estimate of drug-likeness (QED) is 0.476. The van der Waals surface area contributed by atoms with Gasteiger partial charge in [-0.3, -0.25) is 4.90 Å². The van der Waals surface area contributed by atoms with Gasteiger partial charge in [0.05, 0.1) is 38.5 Å². The second-order valence-corrected chi connectivity index (χ2v) is 10.1. The summed E-state index contributed by atoms with van der Waals surface area (Å²) in [7, 11) is 0. The highest BCUT2D eigenvalue weighted by Crippen LogP contribution is 2.44. The Morgan fingerprint density at radius 2 is 1.62 bits per heavy atom. The van der Waals surface area contributed by atoms with Crippen LogP contribution < -0.4 is 0 Å². The molecule has 2 bridgehead atoms. The monoisotopic (exact) mass is 495 g/mol. The largest absolute Gasteiger partial charge is 0.448 e. The molecule has 1 amide bonds. The maximum Gasteiger partial charge on any atom is 0.410 e. The van der Waals surface area contributed by atoms with E-state index in [0.29, 0.717) is 33.0 Å². The molecular weight excluding hydrogens is 466 g/mol. The molecule has 6 heteroatoms. The lowest BCUT2D eigenvalue weighted by Crippen LogP contribution is -2.56. The first-order chi connectivity index (χ1) is 18.3. The Morgan fingerprint density at radius 1 is 0.892 bits per heavy atom. The summed E-state index contributed by atoms with van der Waals surface area (Å²) < 4.78 is 23.2. The highest BCUT2D eigenvalue weighted by Gasteiger charge is 2.40. The van der Waals surface area contributed by atoms with Crippen molar-refractivity contribution in [1.82, 2.24) is 4.90 Å². The van der Waals surface area contributed by atoms with Crippen LogP contribution in [0.3, 0.4) is 0 Å². The molecule has 2 fully saturated rings. The Balaban J connectivity index is 1.10. The van der Waals surface area contributed by atoms with Gasteiger partial charge in [0.2, 0.25) is 0 Å². The molecule has 3 aromatic carbocycles. The van der Waals surface area contributed by atoms with Gasteiger partial charge in [-0.2, -0.15) is 0 Å². The number of ether oxygens (including phenoxy) is 4. The molecule has 1 aliphatic carbocycles. The maximum atomic E-state index is 13.4. The van der Waals surface area contributed by atoms with Crippen molar-refractivity contribution in [2.24, 2.45) is 0 Å². The lowest BCUT2D eigenvalue weighted by molar-refractivity contribution is -0.0441. The fraction of sp³-hybridized carbons (Fsp3) is 0.323. The van der Waals surface area contributed by atoms with Gasteiger partial charge in [0.25, 0.3) is 0 Å². The number of nitrogens with zero attached hydrogens (tertiary/aromatic N) is 1. The molecule has 0 saturated carbocycles. The molecule has 37 heavy (non-hydrogen) atoms. The Labute approximate surface area is 216 Å². The number of carbonyl (C=O) groups is 1. The minimum Gasteiger partial charge on any atom is -0.448 e. The van der Waals surface area contributed by atoms with E-state index in [0.717, 1.165) is 17.5 Å². The SMILES string of the molecule is O=C(OCC1c2ccccc2-c2ccccc21)N1C2C=C(c3cccc(C4OCCO4)c3)CC1COC2. The average molecular weight is 496 g/mol. The first-order valence-electron chi connectivity index (χ1n) is 13.0. The third-order valence-electron chi connectivity index (χ3n) is 7.90. The van der Waals surface area contributed by atoms with Crippen molar-refractivity contribution in [2.45, 2.75) is 30.7 Å². The summed E-state index contributed by atoms with van der Waals surface area (Å²) in [4.78, 5) is 15.3. The van der Waals surface area contributed by atoms with Crippen molar-refractivity contribution in [3.05, 3.63) is 101 Å². The van der Waals surface area contributed by atoms with E-state index in [1.807, 2.05) is 17.0 Å². The van der Waals surface area contributed by atoms with Crippen LogP contribution in [0.1, 0.15) is 40.9 Å². The average Bonchev–Trinajstić information content (AvgIpc) is 3.58. The summed E-state index contributed by atoms with van der Waals surface area (Å²) in [5, 5.41) is 0. The zero-order valence-electron chi connectivity index (χ0n) is 20.5. The summed E-state index contributed by atoms with van der Waals surface area (Å²) in [6.45, 7) is 2.54. The van der Waals surface area contributed by atoms with Crippen LogP contribution >= 0.6 is 0 Å². The molecule has 3 heterocycles. The number of fused-ring (bicyclic) bond motifs is 5. The number of hydrogen-bond donors (Lipinski definition) is 0. The molecule has 3 aliphatic heterocycles. The summed E-state index contributed by atoms with van der Waals surface area (Å²) in [5.74, 6) is 0.0473. The molecule has 4 aliphatic rings. The third kappa shape index (κ3) is 4.06. The molecule has 0 aromatic heterocycles. The molecule has 2 unspecified atom stereocenters. The molecule has 188 valence electrons. The predicted octanol–water partition coefficient (Wildman–Crippen LogP) is 5.54. The van der Waals surface area contributed by atoms with Crippen molar-refractivity contribution < 1.29 is 23.7 Å². The van der Waals surface area contributed by atoms with Crippen LogP contribution in [0.4, 0.5) is 4.79 Å². The van der Waals surface area contributed by atoms with Crippen molar-refractivity contribution in [2.75, 3.05) is 33.0 Å². The van der Waals surface area contributed by atoms with E-state index in [1.165, 1.54) is 27.8 Å². The predicted molar refractivity (Wildman–Crippen MR) is 139 cm³/mol. The van der Waals surface area contributed by atoms with Crippen LogP contribution in [0.25, 0.3) is 16.7 Å². The van der Waals surface area contributed by atoms with Crippen LogP contribution in [0, 0.1) is 0 Å². The molecule has 0 N–H and O–H groups in total. The number of morpholine rings is 1. The molecule has 2 atom stereocenters. The maximum absolute atomic E-state index is 13.4. The van der Waals surface area contributed by atoms with Gasteiger partial charge in [0.1, 0.15) is 6.61 Å². The Hall–Kier alpha value is -3.45. The lowest BCUT2D eigenvalue weighted by atomic mass is 9.89. The summed E-state index contributed by atoms with van der Waals surface area (Å²) >= 11 is 0. The van der Waals surface area contributed by atoms with Gasteiger partial charge in [0, 0.05) is 11.5 Å². The first-order valence-corrected chi connectivity index (χ1v) is 13.0. The van der Waals surface area contributed by atoms with E-state index < -0.39 is 0 Å². The second kappa shape index (κ2) is 9.45. The summed E-state index contributed by atoms with van der Waals surface area (Å²) in [6.07, 6.45) is 2.31. The molecule has 0 spiro atoms. The number of benzene rings is 3. The normalized spacial score (nSPS) is 22.9. The fourth-order valence-electron chi connectivity index (χ4n) is 6.20. The molecule has 6 nitrogen and oxygen atoms in total. The second-order valence-electron chi connectivity index (χ2n) is 10.1. The molecule has 3 aromatic rings. The van der Waals surface area contributed by atoms with Gasteiger partial charge in [-0.25, -0.2) is 4.79 Å². The van der Waals surface area contributed by atoms with E-state index in [4.69, 9.17) is 18.9 Å². The van der Waals surface area contributed by atoms with Gasteiger partial charge in [-0.05, 0) is 45.9 Å². The van der Waals surface area contributed by atoms with Crippen LogP contribution in [0.5, 0.6) is 0 Å². The van der Waals surface area contributed by atoms with Gasteiger partial charge in [-0.1, -0.05) is 72.8 Å². The number of amides is 1. The Kier molecular flexibility index (Phi) is 5.80. The Bertz CT molecular complexity index is 1320. The minimum atomic E-state index is -0.302. The molecule has 2 saturated heterocycles. The van der Waals surface area contributed by atoms with E-state index in [9.17, 15) is 4.79 Å². The fourth-order valence-corrected chi connectivity index (χ4v) is 6.20. The van der Waals surface area contributed by atoms with E-state index in [-0.39, 0.29) is 30.4 Å². The van der Waals surface area contributed by atoms with Gasteiger partial charge >= 0.3 is 6.09 Å². The number of carbonyl (C=O) groups excluding carboxylic acids is 1. The van der Waals surface area contributed by atoms with E-state index in [1.54, 1.807) is 0 Å². The standard InChI is InChI=1S/C31H29NO5/c33-31(37-19-29-27-10-3-1-8-25(27)26-9-2-4-11-28(26)29)32-23-15-22(16-24(32)18-34-17-23)20-6-5-7-21(14-20)30-35-12-13-36-30/h1-11,14-15,23-24,29-30H,12-13,16-19H2. The Morgan fingerprint density at radius 3 is 2.35 bits per heavy atom. The highest BCUT2D eigenvalue weighted by molar-refractivity contribution is 5.79. The van der Waals surface area contributed by atoms with Crippen molar-refractivity contribution in [3.63, 3.8) is 0 Å². The molecule has 0 radical (unpaired) electrons. The van der Waals surface area contributed by atoms with Crippen LogP contribution in [0.15, 0.2) is 78.9 Å². The number of rotatable bonds is 4. The summed E-state index contributed by atoms with van der Waals surface area (Å²) in [5.41, 5.74) is 8.28. The van der Waals surface area contributed by atoms with Crippen molar-refractivity contribution >= 4 is 11.7 Å². The minimum absolute atomic E-state index is 0.0473. The summed E-state index contributed by atoms with van der Waals surface area (Å²) in [6, 6.07) is 24.9. The zero-order valence-corrected chi connectivity index (χ0v) is 20.5. The number of hydrogen-bond acceptors (Lipinski definition) is 5. The highest BCUT2D eigenvalue weighted by atomic mass is 16.7. The smallest absolute Gasteiger partial charge is 0.410 e.